The van der Waals surface area contributed by atoms with Crippen LogP contribution in [0.15, 0.2) is 47.4 Å². The number of hydrogen-bond donors (Lipinski definition) is 2. The highest BCUT2D eigenvalue weighted by Gasteiger charge is 2.26. The molecule has 0 spiro atoms. The molecule has 2 aliphatic rings. The minimum absolute atomic E-state index is 0.0641. The number of halogens is 1. The van der Waals surface area contributed by atoms with Crippen molar-refractivity contribution in [1.29, 1.82) is 0 Å². The topological polar surface area (TPSA) is 97.0 Å². The number of carbonyl (C=O) groups excluding carboxylic acids is 1. The second-order valence-corrected chi connectivity index (χ2v) is 9.81. The van der Waals surface area contributed by atoms with Crippen molar-refractivity contribution in [2.24, 2.45) is 0 Å². The summed E-state index contributed by atoms with van der Waals surface area (Å²) in [5.74, 6) is -0.210. The maximum Gasteiger partial charge on any atom is 0.264 e. The smallest absolute Gasteiger partial charge is 0.264 e. The van der Waals surface area contributed by atoms with Crippen LogP contribution in [0, 0.1) is 0 Å². The molecule has 2 aliphatic heterocycles. The predicted octanol–water partition coefficient (Wildman–Crippen LogP) is 3.49. The zero-order valence-electron chi connectivity index (χ0n) is 17.6. The molecule has 0 aliphatic carbocycles. The lowest BCUT2D eigenvalue weighted by molar-refractivity contribution is -0.118. The van der Waals surface area contributed by atoms with Gasteiger partial charge in [0.2, 0.25) is 5.91 Å². The Labute approximate surface area is 192 Å². The van der Waals surface area contributed by atoms with Crippen LogP contribution in [0.3, 0.4) is 0 Å². The zero-order chi connectivity index (χ0) is 22.6. The van der Waals surface area contributed by atoms with Crippen molar-refractivity contribution in [1.82, 2.24) is 0 Å². The minimum Gasteiger partial charge on any atom is -0.378 e. The molecular formula is C22H26ClN3O5S. The summed E-state index contributed by atoms with van der Waals surface area (Å²) in [5.41, 5.74) is 1.24. The number of benzene rings is 2. The van der Waals surface area contributed by atoms with E-state index < -0.39 is 10.0 Å². The summed E-state index contributed by atoms with van der Waals surface area (Å²) in [6.45, 7) is 2.83. The fraction of sp³-hybridized carbons (Fsp3) is 0.409. The number of morpholine rings is 1. The number of rotatable bonds is 7. The van der Waals surface area contributed by atoms with Gasteiger partial charge in [0.1, 0.15) is 4.90 Å². The van der Waals surface area contributed by atoms with Crippen LogP contribution in [0.5, 0.6) is 0 Å². The van der Waals surface area contributed by atoms with Crippen LogP contribution in [0.4, 0.5) is 17.1 Å². The van der Waals surface area contributed by atoms with E-state index in [1.54, 1.807) is 36.4 Å². The number of ether oxygens (including phenoxy) is 2. The molecule has 2 aromatic rings. The molecule has 4 rings (SSSR count). The van der Waals surface area contributed by atoms with E-state index in [1.807, 2.05) is 4.90 Å². The second kappa shape index (κ2) is 10.1. The highest BCUT2D eigenvalue weighted by Crippen LogP contribution is 2.32. The first-order valence-electron chi connectivity index (χ1n) is 10.6. The summed E-state index contributed by atoms with van der Waals surface area (Å²) in [6.07, 6.45) is 1.95. The first kappa shape index (κ1) is 22.8. The number of para-hydroxylation sites is 1. The van der Waals surface area contributed by atoms with Gasteiger partial charge in [0.25, 0.3) is 10.0 Å². The van der Waals surface area contributed by atoms with E-state index >= 15 is 0 Å². The number of anilines is 3. The Morgan fingerprint density at radius 1 is 1.12 bits per heavy atom. The molecule has 0 radical (unpaired) electrons. The highest BCUT2D eigenvalue weighted by molar-refractivity contribution is 7.93. The van der Waals surface area contributed by atoms with Crippen LogP contribution in [-0.4, -0.2) is 53.3 Å². The van der Waals surface area contributed by atoms with Crippen molar-refractivity contribution in [3.05, 3.63) is 47.5 Å². The Kier molecular flexibility index (Phi) is 7.20. The summed E-state index contributed by atoms with van der Waals surface area (Å²) in [4.78, 5) is 14.5. The van der Waals surface area contributed by atoms with E-state index in [1.165, 1.54) is 6.07 Å². The third-order valence-corrected chi connectivity index (χ3v) is 7.16. The molecule has 1 amide bonds. The van der Waals surface area contributed by atoms with Crippen LogP contribution in [0.25, 0.3) is 0 Å². The Hall–Kier alpha value is -2.33. The molecule has 10 heteroatoms. The summed E-state index contributed by atoms with van der Waals surface area (Å²) in [7, 11) is -3.99. The van der Waals surface area contributed by atoms with Gasteiger partial charge in [-0.25, -0.2) is 8.42 Å². The molecule has 1 atom stereocenters. The van der Waals surface area contributed by atoms with Gasteiger partial charge in [0.15, 0.2) is 0 Å². The molecule has 2 fully saturated rings. The molecule has 1 unspecified atom stereocenters. The summed E-state index contributed by atoms with van der Waals surface area (Å²) in [6, 6.07) is 11.6. The quantitative estimate of drug-likeness (QED) is 0.631. The first-order chi connectivity index (χ1) is 15.4. The number of nitrogens with one attached hydrogen (secondary N) is 2. The third kappa shape index (κ3) is 5.53. The van der Waals surface area contributed by atoms with Gasteiger partial charge in [-0.2, -0.15) is 0 Å². The molecule has 2 saturated heterocycles. The average Bonchev–Trinajstić information content (AvgIpc) is 3.29. The monoisotopic (exact) mass is 479 g/mol. The van der Waals surface area contributed by atoms with Crippen LogP contribution < -0.4 is 14.9 Å². The maximum absolute atomic E-state index is 13.4. The van der Waals surface area contributed by atoms with Crippen molar-refractivity contribution in [3.8, 4) is 0 Å². The van der Waals surface area contributed by atoms with E-state index in [4.69, 9.17) is 21.1 Å². The number of nitrogens with zero attached hydrogens (tertiary/aromatic N) is 1. The van der Waals surface area contributed by atoms with Crippen molar-refractivity contribution in [3.63, 3.8) is 0 Å². The normalized spacial score (nSPS) is 19.0. The van der Waals surface area contributed by atoms with Gasteiger partial charge >= 0.3 is 0 Å². The van der Waals surface area contributed by atoms with Crippen molar-refractivity contribution >= 4 is 44.6 Å². The SMILES string of the molecule is O=C(CC1CCCO1)Nc1ccc(N2CCOCC2)c(S(=O)(=O)Nc2ccccc2Cl)c1. The standard InChI is InChI=1S/C22H26ClN3O5S/c23-18-5-1-2-6-19(18)25-32(28,29)21-14-16(24-22(27)15-17-4-3-11-31-17)7-8-20(21)26-9-12-30-13-10-26/h1-2,5-8,14,17,25H,3-4,9-13,15H2,(H,24,27). The van der Waals surface area contributed by atoms with Gasteiger partial charge in [0.05, 0.1) is 42.1 Å². The third-order valence-electron chi connectivity index (χ3n) is 5.44. The zero-order valence-corrected chi connectivity index (χ0v) is 19.1. The van der Waals surface area contributed by atoms with Gasteiger partial charge in [-0.15, -0.1) is 0 Å². The van der Waals surface area contributed by atoms with E-state index in [0.717, 1.165) is 12.8 Å². The van der Waals surface area contributed by atoms with Crippen molar-refractivity contribution in [2.75, 3.05) is 47.8 Å². The minimum atomic E-state index is -3.99. The molecule has 8 nitrogen and oxygen atoms in total. The number of hydrogen-bond acceptors (Lipinski definition) is 6. The molecule has 172 valence electrons. The van der Waals surface area contributed by atoms with Crippen LogP contribution in [0.2, 0.25) is 5.02 Å². The molecule has 0 aromatic heterocycles. The van der Waals surface area contributed by atoms with Crippen molar-refractivity contribution < 1.29 is 22.7 Å². The summed E-state index contributed by atoms with van der Waals surface area (Å²) >= 11 is 6.16. The van der Waals surface area contributed by atoms with Crippen LogP contribution >= 0.6 is 11.6 Å². The van der Waals surface area contributed by atoms with E-state index in [2.05, 4.69) is 10.0 Å². The number of amides is 1. The largest absolute Gasteiger partial charge is 0.378 e. The van der Waals surface area contributed by atoms with Gasteiger partial charge in [-0.3, -0.25) is 9.52 Å². The Morgan fingerprint density at radius 2 is 1.91 bits per heavy atom. The maximum atomic E-state index is 13.4. The lowest BCUT2D eigenvalue weighted by Crippen LogP contribution is -2.37. The molecule has 2 heterocycles. The van der Waals surface area contributed by atoms with Gasteiger partial charge in [-0.1, -0.05) is 23.7 Å². The highest BCUT2D eigenvalue weighted by atomic mass is 35.5. The predicted molar refractivity (Wildman–Crippen MR) is 124 cm³/mol. The molecule has 0 saturated carbocycles. The molecule has 2 aromatic carbocycles. The lowest BCUT2D eigenvalue weighted by Gasteiger charge is -2.30. The average molecular weight is 480 g/mol. The second-order valence-electron chi connectivity index (χ2n) is 7.75. The van der Waals surface area contributed by atoms with E-state index in [0.29, 0.717) is 49.3 Å². The first-order valence-corrected chi connectivity index (χ1v) is 12.4. The van der Waals surface area contributed by atoms with Gasteiger partial charge in [0, 0.05) is 25.4 Å². The molecule has 2 N–H and O–H groups in total. The summed E-state index contributed by atoms with van der Waals surface area (Å²) in [5, 5.41) is 3.10. The lowest BCUT2D eigenvalue weighted by atomic mass is 10.1. The Morgan fingerprint density at radius 3 is 2.62 bits per heavy atom. The van der Waals surface area contributed by atoms with Gasteiger partial charge < -0.3 is 19.7 Å². The Balaban J connectivity index is 1.62. The number of sulfonamides is 1. The molecule has 0 bridgehead atoms. The summed E-state index contributed by atoms with van der Waals surface area (Å²) < 4.78 is 40.2. The fourth-order valence-electron chi connectivity index (χ4n) is 3.84. The fourth-order valence-corrected chi connectivity index (χ4v) is 5.41. The number of carbonyl (C=O) groups is 1. The Bertz CT molecular complexity index is 1070. The van der Waals surface area contributed by atoms with Crippen LogP contribution in [-0.2, 0) is 24.3 Å². The van der Waals surface area contributed by atoms with E-state index in [-0.39, 0.29) is 29.0 Å². The van der Waals surface area contributed by atoms with E-state index in [9.17, 15) is 13.2 Å². The van der Waals surface area contributed by atoms with Crippen LogP contribution in [0.1, 0.15) is 19.3 Å². The van der Waals surface area contributed by atoms with Crippen molar-refractivity contribution in [2.45, 2.75) is 30.3 Å². The van der Waals surface area contributed by atoms with Gasteiger partial charge in [-0.05, 0) is 43.2 Å². The molecule has 32 heavy (non-hydrogen) atoms. The molecular weight excluding hydrogens is 454 g/mol.